The van der Waals surface area contributed by atoms with Gasteiger partial charge in [-0.1, -0.05) is 18.2 Å². The molecule has 8 nitrogen and oxygen atoms in total. The van der Waals surface area contributed by atoms with Gasteiger partial charge >= 0.3 is 0 Å². The second kappa shape index (κ2) is 10.5. The standard InChI is InChI=1S/C25H30N4O4/c1-31-22-16-18(17-23(32-2)24(22)33-3)8-9-21-25(27-20-7-5-4-6-19(20)26-21)29-12-10-28(11-13-29)14-15-30/h4-9,16-17,30H,10-15H2,1-3H3/b9-8+. The fourth-order valence-corrected chi connectivity index (χ4v) is 4.05. The molecule has 0 unspecified atom stereocenters. The van der Waals surface area contributed by atoms with Crippen LogP contribution in [0.4, 0.5) is 5.82 Å². The van der Waals surface area contributed by atoms with Crippen molar-refractivity contribution in [3.05, 3.63) is 47.7 Å². The monoisotopic (exact) mass is 450 g/mol. The largest absolute Gasteiger partial charge is 0.493 e. The van der Waals surface area contributed by atoms with Crippen molar-refractivity contribution in [2.24, 2.45) is 0 Å². The highest BCUT2D eigenvalue weighted by atomic mass is 16.5. The van der Waals surface area contributed by atoms with E-state index in [-0.39, 0.29) is 6.61 Å². The minimum absolute atomic E-state index is 0.179. The van der Waals surface area contributed by atoms with Crippen LogP contribution in [-0.2, 0) is 0 Å². The molecule has 1 aliphatic heterocycles. The number of para-hydroxylation sites is 2. The summed E-state index contributed by atoms with van der Waals surface area (Å²) in [6.07, 6.45) is 3.96. The third-order valence-electron chi connectivity index (χ3n) is 5.79. The first-order valence-electron chi connectivity index (χ1n) is 11.0. The van der Waals surface area contributed by atoms with Gasteiger partial charge in [0, 0.05) is 32.7 Å². The molecule has 0 spiro atoms. The number of anilines is 1. The zero-order chi connectivity index (χ0) is 23.2. The van der Waals surface area contributed by atoms with Crippen LogP contribution < -0.4 is 19.1 Å². The minimum Gasteiger partial charge on any atom is -0.493 e. The molecule has 0 amide bonds. The molecule has 0 atom stereocenters. The van der Waals surface area contributed by atoms with E-state index in [1.807, 2.05) is 48.6 Å². The van der Waals surface area contributed by atoms with Crippen molar-refractivity contribution in [3.63, 3.8) is 0 Å². The summed E-state index contributed by atoms with van der Waals surface area (Å²) in [6.45, 7) is 4.30. The second-order valence-electron chi connectivity index (χ2n) is 7.77. The molecule has 0 radical (unpaired) electrons. The first-order chi connectivity index (χ1) is 16.2. The van der Waals surface area contributed by atoms with Crippen molar-refractivity contribution in [2.45, 2.75) is 0 Å². The molecule has 1 fully saturated rings. The van der Waals surface area contributed by atoms with Crippen molar-refractivity contribution >= 4 is 29.0 Å². The van der Waals surface area contributed by atoms with E-state index in [4.69, 9.17) is 24.2 Å². The number of aliphatic hydroxyl groups is 1. The van der Waals surface area contributed by atoms with Crippen LogP contribution in [0.2, 0.25) is 0 Å². The summed E-state index contributed by atoms with van der Waals surface area (Å²) in [4.78, 5) is 14.4. The Balaban J connectivity index is 1.70. The predicted octanol–water partition coefficient (Wildman–Crippen LogP) is 2.94. The number of ether oxygens (including phenoxy) is 3. The zero-order valence-corrected chi connectivity index (χ0v) is 19.3. The normalized spacial score (nSPS) is 14.7. The van der Waals surface area contributed by atoms with Crippen molar-refractivity contribution < 1.29 is 19.3 Å². The number of hydrogen-bond acceptors (Lipinski definition) is 8. The molecule has 33 heavy (non-hydrogen) atoms. The number of piperazine rings is 1. The van der Waals surface area contributed by atoms with E-state index in [0.717, 1.165) is 54.3 Å². The van der Waals surface area contributed by atoms with Crippen molar-refractivity contribution in [1.82, 2.24) is 14.9 Å². The summed E-state index contributed by atoms with van der Waals surface area (Å²) in [6, 6.07) is 11.7. The molecule has 1 aliphatic rings. The van der Waals surface area contributed by atoms with Gasteiger partial charge in [-0.15, -0.1) is 0 Å². The number of benzene rings is 2. The lowest BCUT2D eigenvalue weighted by Gasteiger charge is -2.35. The lowest BCUT2D eigenvalue weighted by Crippen LogP contribution is -2.47. The van der Waals surface area contributed by atoms with E-state index >= 15 is 0 Å². The molecule has 1 N–H and O–H groups in total. The summed E-state index contributed by atoms with van der Waals surface area (Å²) in [7, 11) is 4.80. The Hall–Kier alpha value is -3.36. The summed E-state index contributed by atoms with van der Waals surface area (Å²) in [5.74, 6) is 2.62. The number of nitrogens with zero attached hydrogens (tertiary/aromatic N) is 4. The van der Waals surface area contributed by atoms with Crippen LogP contribution in [0.3, 0.4) is 0 Å². The molecule has 3 aromatic rings. The summed E-state index contributed by atoms with van der Waals surface area (Å²) in [5, 5.41) is 9.24. The number of rotatable bonds is 8. The Morgan fingerprint density at radius 1 is 0.879 bits per heavy atom. The lowest BCUT2D eigenvalue weighted by atomic mass is 10.1. The summed E-state index contributed by atoms with van der Waals surface area (Å²) >= 11 is 0. The van der Waals surface area contributed by atoms with Gasteiger partial charge in [0.15, 0.2) is 17.3 Å². The van der Waals surface area contributed by atoms with Gasteiger partial charge in [-0.3, -0.25) is 4.90 Å². The molecule has 174 valence electrons. The predicted molar refractivity (Wildman–Crippen MR) is 130 cm³/mol. The smallest absolute Gasteiger partial charge is 0.203 e. The number of β-amino-alcohol motifs (C(OH)–C–C–N with tert-alkyl or cyclic N) is 1. The number of hydrogen-bond donors (Lipinski definition) is 1. The van der Waals surface area contributed by atoms with E-state index in [0.29, 0.717) is 23.8 Å². The van der Waals surface area contributed by atoms with E-state index < -0.39 is 0 Å². The van der Waals surface area contributed by atoms with Crippen LogP contribution in [0.1, 0.15) is 11.3 Å². The Bertz CT molecular complexity index is 1100. The van der Waals surface area contributed by atoms with Crippen LogP contribution in [0.5, 0.6) is 17.2 Å². The van der Waals surface area contributed by atoms with Gasteiger partial charge in [-0.25, -0.2) is 9.97 Å². The maximum absolute atomic E-state index is 9.24. The van der Waals surface area contributed by atoms with Crippen LogP contribution in [0.25, 0.3) is 23.2 Å². The SMILES string of the molecule is COc1cc(/C=C/c2nc3ccccc3nc2N2CCN(CCO)CC2)cc(OC)c1OC. The number of methoxy groups -OCH3 is 3. The van der Waals surface area contributed by atoms with Gasteiger partial charge in [-0.2, -0.15) is 0 Å². The molecule has 1 saturated heterocycles. The van der Waals surface area contributed by atoms with Crippen molar-refractivity contribution in [3.8, 4) is 17.2 Å². The highest BCUT2D eigenvalue weighted by Gasteiger charge is 2.21. The first kappa shape index (κ1) is 22.8. The van der Waals surface area contributed by atoms with Gasteiger partial charge in [-0.05, 0) is 35.9 Å². The quantitative estimate of drug-likeness (QED) is 0.561. The third-order valence-corrected chi connectivity index (χ3v) is 5.79. The maximum Gasteiger partial charge on any atom is 0.203 e. The van der Waals surface area contributed by atoms with E-state index in [9.17, 15) is 5.11 Å². The number of aromatic nitrogens is 2. The van der Waals surface area contributed by atoms with Crippen LogP contribution in [0, 0.1) is 0 Å². The average Bonchev–Trinajstić information content (AvgIpc) is 2.86. The number of aliphatic hydroxyl groups excluding tert-OH is 1. The minimum atomic E-state index is 0.179. The second-order valence-corrected chi connectivity index (χ2v) is 7.77. The van der Waals surface area contributed by atoms with E-state index in [1.54, 1.807) is 21.3 Å². The van der Waals surface area contributed by atoms with Gasteiger partial charge in [0.2, 0.25) is 5.75 Å². The van der Waals surface area contributed by atoms with Crippen LogP contribution in [-0.4, -0.2) is 80.6 Å². The van der Waals surface area contributed by atoms with Gasteiger partial charge in [0.25, 0.3) is 0 Å². The van der Waals surface area contributed by atoms with Gasteiger partial charge in [0.05, 0.1) is 39.0 Å². The van der Waals surface area contributed by atoms with E-state index in [2.05, 4.69) is 9.80 Å². The Kier molecular flexibility index (Phi) is 7.26. The molecule has 0 bridgehead atoms. The zero-order valence-electron chi connectivity index (χ0n) is 19.3. The lowest BCUT2D eigenvalue weighted by molar-refractivity contribution is 0.188. The molecule has 8 heteroatoms. The molecular weight excluding hydrogens is 420 g/mol. The average molecular weight is 451 g/mol. The topological polar surface area (TPSA) is 80.2 Å². The van der Waals surface area contributed by atoms with Crippen LogP contribution in [0.15, 0.2) is 36.4 Å². The fraction of sp³-hybridized carbons (Fsp3) is 0.360. The van der Waals surface area contributed by atoms with Crippen molar-refractivity contribution in [1.29, 1.82) is 0 Å². The third kappa shape index (κ3) is 5.02. The molecule has 0 aliphatic carbocycles. The molecule has 0 saturated carbocycles. The Morgan fingerprint density at radius 2 is 1.52 bits per heavy atom. The fourth-order valence-electron chi connectivity index (χ4n) is 4.05. The van der Waals surface area contributed by atoms with Crippen molar-refractivity contribution in [2.75, 3.05) is 65.6 Å². The first-order valence-corrected chi connectivity index (χ1v) is 11.0. The maximum atomic E-state index is 9.24. The molecule has 1 aromatic heterocycles. The highest BCUT2D eigenvalue weighted by molar-refractivity contribution is 5.82. The molecule has 2 aromatic carbocycles. The summed E-state index contributed by atoms with van der Waals surface area (Å²) < 4.78 is 16.4. The van der Waals surface area contributed by atoms with Crippen LogP contribution >= 0.6 is 0 Å². The Morgan fingerprint density at radius 3 is 2.09 bits per heavy atom. The van der Waals surface area contributed by atoms with Gasteiger partial charge < -0.3 is 24.2 Å². The molecule has 2 heterocycles. The molecule has 4 rings (SSSR count). The van der Waals surface area contributed by atoms with E-state index in [1.165, 1.54) is 0 Å². The Labute approximate surface area is 194 Å². The highest BCUT2D eigenvalue weighted by Crippen LogP contribution is 2.38. The van der Waals surface area contributed by atoms with Gasteiger partial charge in [0.1, 0.15) is 5.69 Å². The number of fused-ring (bicyclic) bond motifs is 1. The molecular formula is C25H30N4O4. The summed E-state index contributed by atoms with van der Waals surface area (Å²) in [5.41, 5.74) is 3.43.